The molecule has 2 aromatic heterocycles. The fraction of sp³-hybridized carbons (Fsp3) is 0. The summed E-state index contributed by atoms with van der Waals surface area (Å²) in [6.45, 7) is 0. The predicted octanol–water partition coefficient (Wildman–Crippen LogP) is 9.74. The minimum atomic E-state index is 0.820. The van der Waals surface area contributed by atoms with Gasteiger partial charge in [0.15, 0.2) is 0 Å². The molecule has 0 spiro atoms. The van der Waals surface area contributed by atoms with Crippen molar-refractivity contribution in [3.63, 3.8) is 0 Å². The standard InChI is InChI=1S/C40H24N4/c1-3-7-27-19-33-21-31(11-9-29(33)17-25(27)5-1)39-35-23-41-15-13-37(35)44-40(36-24-42-16-14-38(36)43-39)32-12-10-30-18-26-6-2-4-8-28(26)20-34(30)22-32/h1-24H/b39-35?,40-36?,43-38?,43-39-,44-37?,44-40-. The van der Waals surface area contributed by atoms with Crippen LogP contribution in [0, 0.1) is 0 Å². The summed E-state index contributed by atoms with van der Waals surface area (Å²) >= 11 is 0. The van der Waals surface area contributed by atoms with Crippen LogP contribution in [0.4, 0.5) is 11.4 Å². The molecule has 8 aromatic rings. The minimum Gasteiger partial charge on any atom is -0.264 e. The Balaban J connectivity index is 1.24. The summed E-state index contributed by atoms with van der Waals surface area (Å²) in [5.41, 5.74) is 7.12. The van der Waals surface area contributed by atoms with Crippen molar-refractivity contribution in [3.05, 3.63) is 168 Å². The quantitative estimate of drug-likeness (QED) is 0.198. The van der Waals surface area contributed by atoms with Crippen LogP contribution in [-0.2, 0) is 0 Å². The van der Waals surface area contributed by atoms with Crippen LogP contribution in [0.15, 0.2) is 156 Å². The average Bonchev–Trinajstić information content (AvgIpc) is 3.07. The number of rotatable bonds is 2. The van der Waals surface area contributed by atoms with Gasteiger partial charge in [0.2, 0.25) is 0 Å². The van der Waals surface area contributed by atoms with Crippen molar-refractivity contribution in [2.24, 2.45) is 9.98 Å². The van der Waals surface area contributed by atoms with Crippen molar-refractivity contribution in [1.29, 1.82) is 0 Å². The Hall–Kier alpha value is -6.00. The minimum absolute atomic E-state index is 0.820. The molecule has 0 radical (unpaired) electrons. The number of fused-ring (bicyclic) bond motifs is 6. The van der Waals surface area contributed by atoms with Gasteiger partial charge in [0.05, 0.1) is 22.8 Å². The van der Waals surface area contributed by atoms with E-state index < -0.39 is 0 Å². The molecule has 4 heteroatoms. The molecule has 0 aliphatic carbocycles. The van der Waals surface area contributed by atoms with Crippen LogP contribution < -0.4 is 0 Å². The Labute approximate surface area is 253 Å². The highest BCUT2D eigenvalue weighted by atomic mass is 14.9. The summed E-state index contributed by atoms with van der Waals surface area (Å²) in [6, 6.07) is 42.9. The van der Waals surface area contributed by atoms with E-state index in [2.05, 4.69) is 119 Å². The first-order valence-electron chi connectivity index (χ1n) is 14.7. The molecule has 0 bridgehead atoms. The monoisotopic (exact) mass is 560 g/mol. The molecule has 0 saturated heterocycles. The zero-order valence-electron chi connectivity index (χ0n) is 23.6. The second-order valence-electron chi connectivity index (χ2n) is 11.2. The van der Waals surface area contributed by atoms with Gasteiger partial charge in [0, 0.05) is 47.0 Å². The zero-order valence-corrected chi connectivity index (χ0v) is 23.6. The molecule has 1 aliphatic heterocycles. The van der Waals surface area contributed by atoms with E-state index in [-0.39, 0.29) is 0 Å². The lowest BCUT2D eigenvalue weighted by molar-refractivity contribution is 1.26. The highest BCUT2D eigenvalue weighted by Gasteiger charge is 2.21. The van der Waals surface area contributed by atoms with Crippen molar-refractivity contribution in [2.75, 3.05) is 0 Å². The Morgan fingerprint density at radius 2 is 0.727 bits per heavy atom. The third-order valence-corrected chi connectivity index (χ3v) is 8.53. The molecule has 0 fully saturated rings. The van der Waals surface area contributed by atoms with Gasteiger partial charge in [-0.25, -0.2) is 9.98 Å². The summed E-state index contributed by atoms with van der Waals surface area (Å²) < 4.78 is 0. The van der Waals surface area contributed by atoms with Gasteiger partial charge in [-0.05, 0) is 91.6 Å². The SMILES string of the molecule is c1ccc2cc3cc(/C4=N/c5ccncc5/C(c5ccc6cc7ccccc7cc6c5)=N\c5ccncc54)ccc3cc2c1. The smallest absolute Gasteiger partial charge is 0.0819 e. The summed E-state index contributed by atoms with van der Waals surface area (Å²) in [5, 5.41) is 9.62. The highest BCUT2D eigenvalue weighted by molar-refractivity contribution is 6.23. The molecule has 0 amide bonds. The van der Waals surface area contributed by atoms with Gasteiger partial charge in [0.25, 0.3) is 0 Å². The van der Waals surface area contributed by atoms with Crippen LogP contribution in [0.5, 0.6) is 0 Å². The van der Waals surface area contributed by atoms with Gasteiger partial charge in [-0.1, -0.05) is 72.8 Å². The number of nitrogens with zero attached hydrogens (tertiary/aromatic N) is 4. The van der Waals surface area contributed by atoms with E-state index >= 15 is 0 Å². The van der Waals surface area contributed by atoms with E-state index in [1.807, 2.05) is 24.5 Å². The second kappa shape index (κ2) is 9.79. The van der Waals surface area contributed by atoms with Crippen LogP contribution in [0.25, 0.3) is 43.1 Å². The molecule has 3 heterocycles. The van der Waals surface area contributed by atoms with E-state index in [0.29, 0.717) is 0 Å². The van der Waals surface area contributed by atoms with Gasteiger partial charge in [-0.15, -0.1) is 0 Å². The maximum absolute atomic E-state index is 5.31. The number of aliphatic imine (C=N–C) groups is 2. The predicted molar refractivity (Wildman–Crippen MR) is 182 cm³/mol. The summed E-state index contributed by atoms with van der Waals surface area (Å²) in [4.78, 5) is 19.7. The van der Waals surface area contributed by atoms with E-state index in [1.54, 1.807) is 12.4 Å². The van der Waals surface area contributed by atoms with E-state index in [1.165, 1.54) is 43.1 Å². The average molecular weight is 561 g/mol. The zero-order chi connectivity index (χ0) is 29.0. The number of hydrogen-bond donors (Lipinski definition) is 0. The Bertz CT molecular complexity index is 2330. The molecule has 0 atom stereocenters. The fourth-order valence-corrected chi connectivity index (χ4v) is 6.31. The lowest BCUT2D eigenvalue weighted by Crippen LogP contribution is -2.11. The highest BCUT2D eigenvalue weighted by Crippen LogP contribution is 2.34. The molecule has 0 saturated carbocycles. The van der Waals surface area contributed by atoms with Crippen LogP contribution in [-0.4, -0.2) is 21.4 Å². The number of hydrogen-bond acceptors (Lipinski definition) is 4. The van der Waals surface area contributed by atoms with Crippen LogP contribution in [0.2, 0.25) is 0 Å². The van der Waals surface area contributed by atoms with Crippen molar-refractivity contribution in [2.45, 2.75) is 0 Å². The molecule has 0 unspecified atom stereocenters. The fourth-order valence-electron chi connectivity index (χ4n) is 6.31. The van der Waals surface area contributed by atoms with Crippen molar-refractivity contribution in [3.8, 4) is 0 Å². The molecule has 204 valence electrons. The van der Waals surface area contributed by atoms with Gasteiger partial charge >= 0.3 is 0 Å². The van der Waals surface area contributed by atoms with Gasteiger partial charge in [-0.2, -0.15) is 0 Å². The van der Waals surface area contributed by atoms with Crippen LogP contribution >= 0.6 is 0 Å². The molecule has 1 aliphatic rings. The maximum atomic E-state index is 5.31. The number of aromatic nitrogens is 2. The van der Waals surface area contributed by atoms with Gasteiger partial charge in [0.1, 0.15) is 0 Å². The van der Waals surface area contributed by atoms with Gasteiger partial charge < -0.3 is 0 Å². The number of pyridine rings is 2. The first-order chi connectivity index (χ1) is 21.8. The molecule has 9 rings (SSSR count). The van der Waals surface area contributed by atoms with Crippen molar-refractivity contribution < 1.29 is 0 Å². The second-order valence-corrected chi connectivity index (χ2v) is 11.2. The van der Waals surface area contributed by atoms with Crippen LogP contribution in [0.1, 0.15) is 22.3 Å². The summed E-state index contributed by atoms with van der Waals surface area (Å²) in [6.07, 6.45) is 7.34. The maximum Gasteiger partial charge on any atom is 0.0819 e. The Morgan fingerprint density at radius 3 is 1.16 bits per heavy atom. The van der Waals surface area contributed by atoms with E-state index in [0.717, 1.165) is 45.1 Å². The lowest BCUT2D eigenvalue weighted by Gasteiger charge is -2.18. The van der Waals surface area contributed by atoms with Crippen molar-refractivity contribution in [1.82, 2.24) is 9.97 Å². The first kappa shape index (κ1) is 24.6. The normalized spacial score (nSPS) is 15.2. The van der Waals surface area contributed by atoms with Crippen LogP contribution in [0.3, 0.4) is 0 Å². The van der Waals surface area contributed by atoms with E-state index in [9.17, 15) is 0 Å². The lowest BCUT2D eigenvalue weighted by atomic mass is 9.94. The summed E-state index contributed by atoms with van der Waals surface area (Å²) in [7, 11) is 0. The largest absolute Gasteiger partial charge is 0.264 e. The molecule has 0 N–H and O–H groups in total. The topological polar surface area (TPSA) is 50.5 Å². The number of benzene rings is 6. The molecule has 4 nitrogen and oxygen atoms in total. The molecule has 6 aromatic carbocycles. The summed E-state index contributed by atoms with van der Waals surface area (Å²) in [5.74, 6) is 0. The Kier molecular flexibility index (Phi) is 5.47. The third kappa shape index (κ3) is 4.08. The van der Waals surface area contributed by atoms with E-state index in [4.69, 9.17) is 9.98 Å². The molecule has 44 heavy (non-hydrogen) atoms. The Morgan fingerprint density at radius 1 is 0.341 bits per heavy atom. The van der Waals surface area contributed by atoms with Gasteiger partial charge in [-0.3, -0.25) is 9.97 Å². The molecular weight excluding hydrogens is 536 g/mol. The van der Waals surface area contributed by atoms with Crippen molar-refractivity contribution >= 4 is 65.9 Å². The third-order valence-electron chi connectivity index (χ3n) is 8.53. The first-order valence-corrected chi connectivity index (χ1v) is 14.7. The molecular formula is C40H24N4.